The van der Waals surface area contributed by atoms with E-state index in [9.17, 15) is 17.8 Å². The molecule has 31 heavy (non-hydrogen) atoms. The first kappa shape index (κ1) is 24.1. The summed E-state index contributed by atoms with van der Waals surface area (Å²) in [5.74, 6) is -2.47. The van der Waals surface area contributed by atoms with Gasteiger partial charge in [-0.1, -0.05) is 18.6 Å². The fourth-order valence-electron chi connectivity index (χ4n) is 4.41. The van der Waals surface area contributed by atoms with Crippen molar-refractivity contribution in [2.24, 2.45) is 5.92 Å². The van der Waals surface area contributed by atoms with Gasteiger partial charge in [0.15, 0.2) is 0 Å². The smallest absolute Gasteiger partial charge is 0.410 e. The molecule has 0 spiro atoms. The van der Waals surface area contributed by atoms with E-state index in [1.54, 1.807) is 23.3 Å². The molecule has 0 aromatic heterocycles. The summed E-state index contributed by atoms with van der Waals surface area (Å²) in [7, 11) is -1.04. The van der Waals surface area contributed by atoms with Gasteiger partial charge in [0.25, 0.3) is 5.92 Å². The van der Waals surface area contributed by atoms with E-state index in [4.69, 9.17) is 4.74 Å². The molecule has 1 fully saturated rings. The molecule has 0 bridgehead atoms. The second-order valence-electron chi connectivity index (χ2n) is 8.98. The molecule has 8 heteroatoms. The predicted octanol–water partition coefficient (Wildman–Crippen LogP) is 4.86. The Hall–Kier alpha value is -1.54. The van der Waals surface area contributed by atoms with Crippen molar-refractivity contribution in [2.45, 2.75) is 70.9 Å². The Kier molecular flexibility index (Phi) is 8.08. The second-order valence-corrected chi connectivity index (χ2v) is 10.3. The van der Waals surface area contributed by atoms with E-state index in [0.717, 1.165) is 30.4 Å². The maximum absolute atomic E-state index is 14.8. The monoisotopic (exact) mass is 456 g/mol. The van der Waals surface area contributed by atoms with Crippen LogP contribution < -0.4 is 0 Å². The number of piperidine rings is 1. The lowest BCUT2D eigenvalue weighted by atomic mass is 9.89. The van der Waals surface area contributed by atoms with Crippen molar-refractivity contribution in [3.05, 3.63) is 34.9 Å². The zero-order chi connectivity index (χ0) is 22.6. The van der Waals surface area contributed by atoms with Gasteiger partial charge in [-0.15, -0.1) is 0 Å². The Morgan fingerprint density at radius 3 is 2.58 bits per heavy atom. The molecular formula is C23H34F2N2O3S. The predicted molar refractivity (Wildman–Crippen MR) is 118 cm³/mol. The lowest BCUT2D eigenvalue weighted by Gasteiger charge is -2.32. The first-order chi connectivity index (χ1) is 14.7. The highest BCUT2D eigenvalue weighted by Gasteiger charge is 2.33. The van der Waals surface area contributed by atoms with Crippen molar-refractivity contribution in [1.29, 1.82) is 0 Å². The van der Waals surface area contributed by atoms with Gasteiger partial charge in [-0.25, -0.2) is 22.1 Å². The van der Waals surface area contributed by atoms with Crippen LogP contribution in [0.15, 0.2) is 18.2 Å². The summed E-state index contributed by atoms with van der Waals surface area (Å²) in [6.07, 6.45) is 4.63. The van der Waals surface area contributed by atoms with Crippen LogP contribution in [-0.2, 0) is 34.6 Å². The summed E-state index contributed by atoms with van der Waals surface area (Å²) >= 11 is 0. The normalized spacial score (nSPS) is 19.4. The lowest BCUT2D eigenvalue weighted by molar-refractivity contribution is -0.0173. The van der Waals surface area contributed by atoms with Crippen LogP contribution in [0.1, 0.15) is 62.6 Å². The Labute approximate surface area is 186 Å². The molecule has 0 saturated carbocycles. The SMILES string of the molecule is CC(C)OC(=O)N1CCC(CCCC(F)(F)c2ccc3c(c2)CCN(S(C)=O)C3)CC1. The van der Waals surface area contributed by atoms with Crippen LogP contribution in [0.25, 0.3) is 0 Å². The summed E-state index contributed by atoms with van der Waals surface area (Å²) < 4.78 is 48.4. The van der Waals surface area contributed by atoms with Gasteiger partial charge in [-0.2, -0.15) is 0 Å². The molecule has 2 aliphatic heterocycles. The molecule has 1 unspecified atom stereocenters. The number of amides is 1. The minimum absolute atomic E-state index is 0.0866. The van der Waals surface area contributed by atoms with Crippen molar-refractivity contribution < 1.29 is 22.5 Å². The first-order valence-electron chi connectivity index (χ1n) is 11.2. The number of fused-ring (bicyclic) bond motifs is 1. The molecule has 1 aromatic rings. The number of rotatable bonds is 7. The third kappa shape index (κ3) is 6.48. The minimum atomic E-state index is -2.85. The molecule has 0 aliphatic carbocycles. The van der Waals surface area contributed by atoms with Gasteiger partial charge < -0.3 is 9.64 Å². The third-order valence-corrected chi connectivity index (χ3v) is 7.32. The molecule has 174 valence electrons. The summed E-state index contributed by atoms with van der Waals surface area (Å²) in [5.41, 5.74) is 2.02. The summed E-state index contributed by atoms with van der Waals surface area (Å²) in [6.45, 7) is 6.11. The van der Waals surface area contributed by atoms with E-state index in [1.807, 2.05) is 18.2 Å². The van der Waals surface area contributed by atoms with Crippen LogP contribution in [-0.4, -0.2) is 51.5 Å². The quantitative estimate of drug-likeness (QED) is 0.589. The van der Waals surface area contributed by atoms with Crippen molar-refractivity contribution in [1.82, 2.24) is 9.21 Å². The van der Waals surface area contributed by atoms with Gasteiger partial charge in [-0.05, 0) is 62.6 Å². The van der Waals surface area contributed by atoms with Crippen LogP contribution in [0, 0.1) is 5.92 Å². The Balaban J connectivity index is 1.47. The van der Waals surface area contributed by atoms with Crippen LogP contribution >= 0.6 is 0 Å². The maximum Gasteiger partial charge on any atom is 0.410 e. The highest BCUT2D eigenvalue weighted by molar-refractivity contribution is 7.81. The van der Waals surface area contributed by atoms with Gasteiger partial charge in [0, 0.05) is 44.4 Å². The van der Waals surface area contributed by atoms with Crippen LogP contribution in [0.4, 0.5) is 13.6 Å². The van der Waals surface area contributed by atoms with Crippen molar-refractivity contribution in [2.75, 3.05) is 25.9 Å². The molecule has 2 aliphatic rings. The molecule has 5 nitrogen and oxygen atoms in total. The second kappa shape index (κ2) is 10.4. The van der Waals surface area contributed by atoms with E-state index in [1.165, 1.54) is 6.07 Å². The molecule has 1 aromatic carbocycles. The molecule has 0 N–H and O–H groups in total. The van der Waals surface area contributed by atoms with E-state index in [0.29, 0.717) is 44.9 Å². The molecule has 0 radical (unpaired) electrons. The van der Waals surface area contributed by atoms with Crippen molar-refractivity contribution >= 4 is 17.1 Å². The number of likely N-dealkylation sites (tertiary alicyclic amines) is 1. The number of carbonyl (C=O) groups excluding carboxylic acids is 1. The average molecular weight is 457 g/mol. The number of halogens is 2. The Bertz CT molecular complexity index is 795. The average Bonchev–Trinajstić information content (AvgIpc) is 2.72. The largest absolute Gasteiger partial charge is 0.447 e. The Morgan fingerprint density at radius 1 is 1.23 bits per heavy atom. The highest BCUT2D eigenvalue weighted by Crippen LogP contribution is 2.36. The molecule has 1 atom stereocenters. The number of carbonyl (C=O) groups is 1. The van der Waals surface area contributed by atoms with Gasteiger partial charge >= 0.3 is 6.09 Å². The summed E-state index contributed by atoms with van der Waals surface area (Å²) in [6, 6.07) is 4.94. The fraction of sp³-hybridized carbons (Fsp3) is 0.696. The van der Waals surface area contributed by atoms with Crippen LogP contribution in [0.2, 0.25) is 0 Å². The zero-order valence-corrected chi connectivity index (χ0v) is 19.6. The van der Waals surface area contributed by atoms with Gasteiger partial charge in [0.05, 0.1) is 17.1 Å². The first-order valence-corrected chi connectivity index (χ1v) is 12.7. The molecule has 1 amide bonds. The van der Waals surface area contributed by atoms with Crippen LogP contribution in [0.3, 0.4) is 0 Å². The lowest BCUT2D eigenvalue weighted by Crippen LogP contribution is -2.39. The fourth-order valence-corrected chi connectivity index (χ4v) is 5.08. The van der Waals surface area contributed by atoms with E-state index >= 15 is 0 Å². The van der Waals surface area contributed by atoms with E-state index < -0.39 is 16.9 Å². The number of nitrogens with zero attached hydrogens (tertiary/aromatic N) is 2. The Morgan fingerprint density at radius 2 is 1.94 bits per heavy atom. The van der Waals surface area contributed by atoms with Gasteiger partial charge in [0.1, 0.15) is 0 Å². The van der Waals surface area contributed by atoms with E-state index in [2.05, 4.69) is 0 Å². The number of alkyl halides is 2. The van der Waals surface area contributed by atoms with Gasteiger partial charge in [-0.3, -0.25) is 0 Å². The van der Waals surface area contributed by atoms with Crippen LogP contribution in [0.5, 0.6) is 0 Å². The topological polar surface area (TPSA) is 49.9 Å². The number of ether oxygens (including phenoxy) is 1. The minimum Gasteiger partial charge on any atom is -0.447 e. The highest BCUT2D eigenvalue weighted by atomic mass is 32.2. The zero-order valence-electron chi connectivity index (χ0n) is 18.7. The number of hydrogen-bond acceptors (Lipinski definition) is 3. The third-order valence-electron chi connectivity index (χ3n) is 6.28. The molecular weight excluding hydrogens is 422 g/mol. The van der Waals surface area contributed by atoms with Crippen molar-refractivity contribution in [3.8, 4) is 0 Å². The van der Waals surface area contributed by atoms with E-state index in [-0.39, 0.29) is 24.2 Å². The molecule has 2 heterocycles. The van der Waals surface area contributed by atoms with Gasteiger partial charge in [0.2, 0.25) is 0 Å². The summed E-state index contributed by atoms with van der Waals surface area (Å²) in [4.78, 5) is 13.7. The maximum atomic E-state index is 14.8. The standard InChI is InChI=1S/C23H34F2N2O3S/c1-17(2)30-22(28)26-12-8-18(9-13-26)5-4-11-23(24,25)21-7-6-20-16-27(31(3)29)14-10-19(20)15-21/h6-7,15,17-18H,4-5,8-14,16H2,1-3H3. The molecule has 3 rings (SSSR count). The number of hydrogen-bond donors (Lipinski definition) is 0. The molecule has 1 saturated heterocycles. The number of benzene rings is 1. The summed E-state index contributed by atoms with van der Waals surface area (Å²) in [5, 5.41) is 0. The van der Waals surface area contributed by atoms with Crippen molar-refractivity contribution in [3.63, 3.8) is 0 Å².